The summed E-state index contributed by atoms with van der Waals surface area (Å²) in [6.45, 7) is 8.11. The summed E-state index contributed by atoms with van der Waals surface area (Å²) in [6, 6.07) is 16.3. The first-order valence-electron chi connectivity index (χ1n) is 9.52. The number of hydrogen-bond acceptors (Lipinski definition) is 4. The highest BCUT2D eigenvalue weighted by atomic mass is 16.5. The van der Waals surface area contributed by atoms with Crippen LogP contribution in [0.2, 0.25) is 0 Å². The Hall–Kier alpha value is -2.37. The minimum absolute atomic E-state index is 0.00346. The number of amides is 1. The summed E-state index contributed by atoms with van der Waals surface area (Å²) in [6.07, 6.45) is 0. The van der Waals surface area contributed by atoms with Crippen LogP contribution in [0.15, 0.2) is 48.5 Å². The number of morpholine rings is 1. The van der Waals surface area contributed by atoms with Gasteiger partial charge in [0.05, 0.1) is 19.3 Å². The number of benzene rings is 2. The zero-order chi connectivity index (χ0) is 19.2. The monoisotopic (exact) mass is 367 g/mol. The number of carbonyl (C=O) groups excluding carboxylic acids is 1. The molecule has 0 aromatic heterocycles. The topological polar surface area (TPSA) is 44.8 Å². The zero-order valence-corrected chi connectivity index (χ0v) is 16.4. The maximum absolute atomic E-state index is 12.6. The van der Waals surface area contributed by atoms with E-state index in [1.165, 1.54) is 16.8 Å². The van der Waals surface area contributed by atoms with E-state index in [1.54, 1.807) is 0 Å². The van der Waals surface area contributed by atoms with Gasteiger partial charge in [-0.25, -0.2) is 0 Å². The van der Waals surface area contributed by atoms with Crippen LogP contribution in [0.1, 0.15) is 18.1 Å². The van der Waals surface area contributed by atoms with Crippen LogP contribution in [0.4, 0.5) is 11.4 Å². The number of carbonyl (C=O) groups is 1. The molecule has 2 aromatic carbocycles. The molecule has 1 fully saturated rings. The predicted molar refractivity (Wildman–Crippen MR) is 110 cm³/mol. The smallest absolute Gasteiger partial charge is 0.241 e. The molecule has 1 aliphatic heterocycles. The molecule has 0 bridgehead atoms. The number of ether oxygens (including phenoxy) is 1. The fourth-order valence-electron chi connectivity index (χ4n) is 3.14. The van der Waals surface area contributed by atoms with Gasteiger partial charge in [-0.1, -0.05) is 29.8 Å². The van der Waals surface area contributed by atoms with E-state index in [1.807, 2.05) is 26.1 Å². The second-order valence-corrected chi connectivity index (χ2v) is 7.21. The molecular formula is C22H29N3O2. The Morgan fingerprint density at radius 2 is 1.74 bits per heavy atom. The Morgan fingerprint density at radius 3 is 2.37 bits per heavy atom. The van der Waals surface area contributed by atoms with Crippen molar-refractivity contribution in [1.29, 1.82) is 0 Å². The van der Waals surface area contributed by atoms with Crippen molar-refractivity contribution in [3.8, 4) is 0 Å². The van der Waals surface area contributed by atoms with Gasteiger partial charge in [0.15, 0.2) is 0 Å². The van der Waals surface area contributed by atoms with Crippen LogP contribution < -0.4 is 10.2 Å². The molecule has 1 amide bonds. The highest BCUT2D eigenvalue weighted by Gasteiger charge is 2.18. The molecule has 1 saturated heterocycles. The third kappa shape index (κ3) is 5.31. The van der Waals surface area contributed by atoms with Crippen molar-refractivity contribution in [2.24, 2.45) is 0 Å². The van der Waals surface area contributed by atoms with Crippen molar-refractivity contribution < 1.29 is 9.53 Å². The number of rotatable bonds is 6. The van der Waals surface area contributed by atoms with E-state index in [0.717, 1.165) is 38.5 Å². The molecule has 27 heavy (non-hydrogen) atoms. The lowest BCUT2D eigenvalue weighted by Gasteiger charge is -2.29. The van der Waals surface area contributed by atoms with E-state index < -0.39 is 0 Å². The highest BCUT2D eigenvalue weighted by Crippen LogP contribution is 2.19. The van der Waals surface area contributed by atoms with Crippen LogP contribution in [0, 0.1) is 6.92 Å². The van der Waals surface area contributed by atoms with E-state index >= 15 is 0 Å². The zero-order valence-electron chi connectivity index (χ0n) is 16.4. The first-order chi connectivity index (χ1) is 13.0. The Morgan fingerprint density at radius 1 is 1.11 bits per heavy atom. The van der Waals surface area contributed by atoms with E-state index in [2.05, 4.69) is 58.4 Å². The number of hydrogen-bond donors (Lipinski definition) is 1. The molecule has 0 aliphatic carbocycles. The van der Waals surface area contributed by atoms with Gasteiger partial charge >= 0.3 is 0 Å². The van der Waals surface area contributed by atoms with Gasteiger partial charge in [-0.15, -0.1) is 0 Å². The molecule has 0 spiro atoms. The van der Waals surface area contributed by atoms with Gasteiger partial charge < -0.3 is 15.0 Å². The molecule has 5 heteroatoms. The summed E-state index contributed by atoms with van der Waals surface area (Å²) in [5.74, 6) is 0.00346. The summed E-state index contributed by atoms with van der Waals surface area (Å²) in [5, 5.41) is 3.02. The van der Waals surface area contributed by atoms with Crippen LogP contribution in [0.5, 0.6) is 0 Å². The number of nitrogens with zero attached hydrogens (tertiary/aromatic N) is 2. The number of anilines is 2. The molecule has 1 aliphatic rings. The van der Waals surface area contributed by atoms with Crippen LogP contribution >= 0.6 is 0 Å². The quantitative estimate of drug-likeness (QED) is 0.851. The lowest BCUT2D eigenvalue weighted by atomic mass is 10.1. The van der Waals surface area contributed by atoms with Crippen molar-refractivity contribution >= 4 is 17.3 Å². The van der Waals surface area contributed by atoms with Gasteiger partial charge in [0, 0.05) is 31.0 Å². The predicted octanol–water partition coefficient (Wildman–Crippen LogP) is 3.29. The van der Waals surface area contributed by atoms with Crippen molar-refractivity contribution in [3.05, 3.63) is 59.7 Å². The minimum Gasteiger partial charge on any atom is -0.378 e. The van der Waals surface area contributed by atoms with E-state index in [0.29, 0.717) is 0 Å². The van der Waals surface area contributed by atoms with E-state index in [9.17, 15) is 4.79 Å². The van der Waals surface area contributed by atoms with Gasteiger partial charge in [0.2, 0.25) is 5.91 Å². The second-order valence-electron chi connectivity index (χ2n) is 7.21. The average molecular weight is 367 g/mol. The lowest BCUT2D eigenvalue weighted by Crippen LogP contribution is -2.39. The average Bonchev–Trinajstić information content (AvgIpc) is 2.70. The number of aryl methyl sites for hydroxylation is 1. The Balaban J connectivity index is 1.54. The Labute approximate surface area is 161 Å². The molecular weight excluding hydrogens is 338 g/mol. The maximum atomic E-state index is 12.6. The molecule has 1 atom stereocenters. The van der Waals surface area contributed by atoms with Crippen LogP contribution in [-0.4, -0.2) is 50.2 Å². The number of nitrogens with one attached hydrogen (secondary N) is 1. The largest absolute Gasteiger partial charge is 0.378 e. The summed E-state index contributed by atoms with van der Waals surface area (Å²) >= 11 is 0. The minimum atomic E-state index is -0.217. The maximum Gasteiger partial charge on any atom is 0.241 e. The third-order valence-electron chi connectivity index (χ3n) is 5.10. The standard InChI is InChI=1S/C22H29N3O2/c1-17-4-6-19(7-5-17)16-24(3)18(2)22(26)23-20-8-10-21(11-9-20)25-12-14-27-15-13-25/h4-11,18H,12-16H2,1-3H3,(H,23,26)/t18-/m1/s1. The molecule has 2 aromatic rings. The van der Waals surface area contributed by atoms with Crippen molar-refractivity contribution in [2.75, 3.05) is 43.6 Å². The Bertz CT molecular complexity index is 737. The van der Waals surface area contributed by atoms with E-state index in [4.69, 9.17) is 4.74 Å². The molecule has 144 valence electrons. The van der Waals surface area contributed by atoms with E-state index in [-0.39, 0.29) is 11.9 Å². The summed E-state index contributed by atoms with van der Waals surface area (Å²) < 4.78 is 5.39. The molecule has 1 heterocycles. The number of likely N-dealkylation sites (N-methyl/N-ethyl adjacent to an activating group) is 1. The molecule has 3 rings (SSSR count). The fourth-order valence-corrected chi connectivity index (χ4v) is 3.14. The SMILES string of the molecule is Cc1ccc(CN(C)[C@H](C)C(=O)Nc2ccc(N3CCOCC3)cc2)cc1. The summed E-state index contributed by atoms with van der Waals surface area (Å²) in [5.41, 5.74) is 4.44. The van der Waals surface area contributed by atoms with Crippen molar-refractivity contribution in [1.82, 2.24) is 4.90 Å². The normalized spacial score (nSPS) is 15.6. The first-order valence-corrected chi connectivity index (χ1v) is 9.52. The molecule has 0 saturated carbocycles. The van der Waals surface area contributed by atoms with Crippen molar-refractivity contribution in [2.45, 2.75) is 26.4 Å². The highest BCUT2D eigenvalue weighted by molar-refractivity contribution is 5.94. The van der Waals surface area contributed by atoms with Crippen LogP contribution in [0.3, 0.4) is 0 Å². The second kappa shape index (κ2) is 9.02. The lowest BCUT2D eigenvalue weighted by molar-refractivity contribution is -0.120. The molecule has 1 N–H and O–H groups in total. The van der Waals surface area contributed by atoms with Gasteiger partial charge in [0.25, 0.3) is 0 Å². The molecule has 0 radical (unpaired) electrons. The van der Waals surface area contributed by atoms with Gasteiger partial charge in [-0.2, -0.15) is 0 Å². The fraction of sp³-hybridized carbons (Fsp3) is 0.409. The third-order valence-corrected chi connectivity index (χ3v) is 5.10. The van der Waals surface area contributed by atoms with Gasteiger partial charge in [0.1, 0.15) is 0 Å². The molecule has 0 unspecified atom stereocenters. The van der Waals surface area contributed by atoms with Crippen LogP contribution in [0.25, 0.3) is 0 Å². The Kier molecular flexibility index (Phi) is 6.48. The van der Waals surface area contributed by atoms with Gasteiger partial charge in [-0.3, -0.25) is 9.69 Å². The van der Waals surface area contributed by atoms with Crippen molar-refractivity contribution in [3.63, 3.8) is 0 Å². The molecule has 5 nitrogen and oxygen atoms in total. The first kappa shape index (κ1) is 19.4. The van der Waals surface area contributed by atoms with Crippen LogP contribution in [-0.2, 0) is 16.1 Å². The van der Waals surface area contributed by atoms with Gasteiger partial charge in [-0.05, 0) is 50.7 Å². The summed E-state index contributed by atoms with van der Waals surface area (Å²) in [7, 11) is 1.98. The summed E-state index contributed by atoms with van der Waals surface area (Å²) in [4.78, 5) is 17.0.